The zero-order valence-corrected chi connectivity index (χ0v) is 10.2. The van der Waals surface area contributed by atoms with Crippen LogP contribution >= 0.6 is 0 Å². The van der Waals surface area contributed by atoms with Gasteiger partial charge in [0.1, 0.15) is 5.65 Å². The Balaban J connectivity index is 2.15. The summed E-state index contributed by atoms with van der Waals surface area (Å²) in [4.78, 5) is 4.11. The van der Waals surface area contributed by atoms with Crippen LogP contribution in [-0.2, 0) is 6.18 Å². The number of nitrogen functional groups attached to an aromatic ring is 1. The summed E-state index contributed by atoms with van der Waals surface area (Å²) >= 11 is 0. The number of benzene rings is 1. The van der Waals surface area contributed by atoms with Crippen molar-refractivity contribution < 1.29 is 13.2 Å². The van der Waals surface area contributed by atoms with Gasteiger partial charge in [-0.05, 0) is 41.5 Å². The molecule has 0 aliphatic rings. The van der Waals surface area contributed by atoms with Crippen LogP contribution in [0.3, 0.4) is 0 Å². The van der Waals surface area contributed by atoms with Crippen LogP contribution in [0, 0.1) is 0 Å². The third kappa shape index (κ3) is 2.20. The molecular weight excluding hydrogens is 267 g/mol. The summed E-state index contributed by atoms with van der Waals surface area (Å²) in [5.41, 5.74) is 6.62. The Morgan fingerprint density at radius 2 is 1.80 bits per heavy atom. The summed E-state index contributed by atoms with van der Waals surface area (Å²) in [6.45, 7) is 0. The Morgan fingerprint density at radius 1 is 1.00 bits per heavy atom. The van der Waals surface area contributed by atoms with Crippen molar-refractivity contribution in [3.8, 4) is 11.1 Å². The van der Waals surface area contributed by atoms with Crippen molar-refractivity contribution in [1.82, 2.24) is 9.38 Å². The Hall–Kier alpha value is -2.50. The van der Waals surface area contributed by atoms with Gasteiger partial charge < -0.3 is 10.1 Å². The maximum atomic E-state index is 12.8. The molecule has 3 aromatic rings. The minimum absolute atomic E-state index is 0.0815. The summed E-state index contributed by atoms with van der Waals surface area (Å²) in [6.07, 6.45) is 0.717. The third-order valence-corrected chi connectivity index (χ3v) is 3.01. The van der Waals surface area contributed by atoms with Crippen molar-refractivity contribution in [3.63, 3.8) is 0 Å². The predicted molar refractivity (Wildman–Crippen MR) is 70.0 cm³/mol. The number of hydrogen-bond donors (Lipinski definition) is 1. The van der Waals surface area contributed by atoms with Gasteiger partial charge in [-0.25, -0.2) is 4.98 Å². The van der Waals surface area contributed by atoms with E-state index >= 15 is 0 Å². The van der Waals surface area contributed by atoms with Gasteiger partial charge in [0.2, 0.25) is 0 Å². The van der Waals surface area contributed by atoms with Crippen molar-refractivity contribution in [2.75, 3.05) is 5.73 Å². The highest BCUT2D eigenvalue weighted by Gasteiger charge is 2.31. The van der Waals surface area contributed by atoms with Gasteiger partial charge in [-0.3, -0.25) is 0 Å². The lowest BCUT2D eigenvalue weighted by Crippen LogP contribution is -2.06. The van der Waals surface area contributed by atoms with Gasteiger partial charge in [-0.1, -0.05) is 0 Å². The summed E-state index contributed by atoms with van der Waals surface area (Å²) in [6, 6.07) is 6.98. The molecule has 0 saturated heterocycles. The van der Waals surface area contributed by atoms with E-state index < -0.39 is 11.7 Å². The second-order valence-electron chi connectivity index (χ2n) is 4.45. The molecule has 0 saturated carbocycles. The molecule has 20 heavy (non-hydrogen) atoms. The standard InChI is InChI=1S/C14H10F3N3/c15-14(16,17)11-5-10(6-12(18)8-11)9-1-3-20-4-2-19-13(20)7-9/h1-8H,18H2. The number of rotatable bonds is 1. The van der Waals surface area contributed by atoms with Crippen LogP contribution in [0.2, 0.25) is 0 Å². The van der Waals surface area contributed by atoms with Crippen LogP contribution < -0.4 is 5.73 Å². The van der Waals surface area contributed by atoms with E-state index in [0.29, 0.717) is 16.8 Å². The maximum Gasteiger partial charge on any atom is 0.416 e. The molecule has 0 aliphatic carbocycles. The number of imidazole rings is 1. The summed E-state index contributed by atoms with van der Waals surface area (Å²) in [5, 5.41) is 0. The van der Waals surface area contributed by atoms with E-state index in [1.807, 2.05) is 0 Å². The van der Waals surface area contributed by atoms with Crippen molar-refractivity contribution in [2.24, 2.45) is 0 Å². The number of hydrogen-bond acceptors (Lipinski definition) is 2. The van der Waals surface area contributed by atoms with Crippen LogP contribution in [0.5, 0.6) is 0 Å². The zero-order chi connectivity index (χ0) is 14.3. The van der Waals surface area contributed by atoms with Gasteiger partial charge in [0.25, 0.3) is 0 Å². The van der Waals surface area contributed by atoms with E-state index in [-0.39, 0.29) is 5.69 Å². The fraction of sp³-hybridized carbons (Fsp3) is 0.0714. The molecule has 3 rings (SSSR count). The molecule has 0 fully saturated rings. The van der Waals surface area contributed by atoms with E-state index in [2.05, 4.69) is 4.98 Å². The Morgan fingerprint density at radius 3 is 2.55 bits per heavy atom. The van der Waals surface area contributed by atoms with Gasteiger partial charge in [-0.2, -0.15) is 13.2 Å². The Labute approximate surface area is 112 Å². The number of nitrogens with zero attached hydrogens (tertiary/aromatic N) is 2. The van der Waals surface area contributed by atoms with Crippen LogP contribution in [0.15, 0.2) is 48.9 Å². The number of fused-ring (bicyclic) bond motifs is 1. The monoisotopic (exact) mass is 277 g/mol. The molecule has 2 heterocycles. The molecule has 1 aromatic carbocycles. The highest BCUT2D eigenvalue weighted by atomic mass is 19.4. The van der Waals surface area contributed by atoms with E-state index in [0.717, 1.165) is 12.1 Å². The smallest absolute Gasteiger partial charge is 0.399 e. The van der Waals surface area contributed by atoms with Crippen molar-refractivity contribution in [3.05, 3.63) is 54.5 Å². The van der Waals surface area contributed by atoms with Crippen LogP contribution in [-0.4, -0.2) is 9.38 Å². The molecule has 0 atom stereocenters. The number of aromatic nitrogens is 2. The molecule has 0 aliphatic heterocycles. The van der Waals surface area contributed by atoms with Crippen LogP contribution in [0.1, 0.15) is 5.56 Å². The molecule has 0 unspecified atom stereocenters. The molecule has 2 aromatic heterocycles. The number of alkyl halides is 3. The first kappa shape index (κ1) is 12.5. The van der Waals surface area contributed by atoms with Crippen LogP contribution in [0.25, 0.3) is 16.8 Å². The summed E-state index contributed by atoms with van der Waals surface area (Å²) in [7, 11) is 0. The van der Waals surface area contributed by atoms with Gasteiger partial charge in [0.05, 0.1) is 5.56 Å². The van der Waals surface area contributed by atoms with E-state index in [9.17, 15) is 13.2 Å². The van der Waals surface area contributed by atoms with Gasteiger partial charge in [-0.15, -0.1) is 0 Å². The number of nitrogens with two attached hydrogens (primary N) is 1. The molecule has 0 amide bonds. The second kappa shape index (κ2) is 4.26. The second-order valence-corrected chi connectivity index (χ2v) is 4.45. The normalized spacial score (nSPS) is 11.9. The molecule has 0 radical (unpaired) electrons. The first-order valence-corrected chi connectivity index (χ1v) is 5.84. The summed E-state index contributed by atoms with van der Waals surface area (Å²) in [5.74, 6) is 0. The lowest BCUT2D eigenvalue weighted by molar-refractivity contribution is -0.137. The highest BCUT2D eigenvalue weighted by Crippen LogP contribution is 2.34. The average molecular weight is 277 g/mol. The number of halogens is 3. The van der Waals surface area contributed by atoms with E-state index in [4.69, 9.17) is 5.73 Å². The fourth-order valence-corrected chi connectivity index (χ4v) is 2.07. The quantitative estimate of drug-likeness (QED) is 0.690. The maximum absolute atomic E-state index is 12.8. The lowest BCUT2D eigenvalue weighted by Gasteiger charge is -2.11. The largest absolute Gasteiger partial charge is 0.416 e. The van der Waals surface area contributed by atoms with E-state index in [1.165, 1.54) is 6.07 Å². The first-order chi connectivity index (χ1) is 9.43. The first-order valence-electron chi connectivity index (χ1n) is 5.84. The SMILES string of the molecule is Nc1cc(-c2ccn3ccnc3c2)cc(C(F)(F)F)c1. The minimum Gasteiger partial charge on any atom is -0.399 e. The molecule has 0 bridgehead atoms. The molecule has 2 N–H and O–H groups in total. The van der Waals surface area contributed by atoms with E-state index in [1.54, 1.807) is 35.1 Å². The van der Waals surface area contributed by atoms with Crippen molar-refractivity contribution >= 4 is 11.3 Å². The molecule has 0 spiro atoms. The average Bonchev–Trinajstić information content (AvgIpc) is 2.84. The van der Waals surface area contributed by atoms with Gasteiger partial charge in [0, 0.05) is 24.3 Å². The van der Waals surface area contributed by atoms with Gasteiger partial charge in [0.15, 0.2) is 0 Å². The van der Waals surface area contributed by atoms with Crippen LogP contribution in [0.4, 0.5) is 18.9 Å². The number of anilines is 1. The third-order valence-electron chi connectivity index (χ3n) is 3.01. The van der Waals surface area contributed by atoms with Crippen molar-refractivity contribution in [1.29, 1.82) is 0 Å². The molecular formula is C14H10F3N3. The highest BCUT2D eigenvalue weighted by molar-refractivity contribution is 5.71. The molecule has 6 heteroatoms. The molecule has 3 nitrogen and oxygen atoms in total. The topological polar surface area (TPSA) is 43.3 Å². The Kier molecular flexibility index (Phi) is 2.67. The molecule has 102 valence electrons. The summed E-state index contributed by atoms with van der Waals surface area (Å²) < 4.78 is 40.2. The zero-order valence-electron chi connectivity index (χ0n) is 10.2. The van der Waals surface area contributed by atoms with Crippen molar-refractivity contribution in [2.45, 2.75) is 6.18 Å². The minimum atomic E-state index is -4.42. The number of pyridine rings is 1. The van der Waals surface area contributed by atoms with Gasteiger partial charge >= 0.3 is 6.18 Å². The predicted octanol–water partition coefficient (Wildman–Crippen LogP) is 3.60. The Bertz CT molecular complexity index is 775. The lowest BCUT2D eigenvalue weighted by atomic mass is 10.0. The fourth-order valence-electron chi connectivity index (χ4n) is 2.07.